The number of nitrogens with zero attached hydrogens (tertiary/aromatic N) is 4. The van der Waals surface area contributed by atoms with Gasteiger partial charge in [-0.05, 0) is 30.7 Å². The van der Waals surface area contributed by atoms with Crippen LogP contribution in [0, 0.1) is 0 Å². The van der Waals surface area contributed by atoms with Gasteiger partial charge in [0.1, 0.15) is 11.2 Å². The van der Waals surface area contributed by atoms with Crippen LogP contribution in [0.4, 0.5) is 0 Å². The lowest BCUT2D eigenvalue weighted by atomic mass is 10.1. The van der Waals surface area contributed by atoms with E-state index in [-0.39, 0.29) is 5.56 Å². The first kappa shape index (κ1) is 22.3. The van der Waals surface area contributed by atoms with Gasteiger partial charge in [-0.15, -0.1) is 0 Å². The molecule has 2 aromatic heterocycles. The summed E-state index contributed by atoms with van der Waals surface area (Å²) in [6, 6.07) is 13.1. The Morgan fingerprint density at radius 3 is 2.24 bits per heavy atom. The highest BCUT2D eigenvalue weighted by molar-refractivity contribution is 5.78. The fraction of sp³-hybridized carbons (Fsp3) is 0.292. The fourth-order valence-electron chi connectivity index (χ4n) is 3.77. The molecule has 0 N–H and O–H groups in total. The number of ether oxygens (including phenoxy) is 4. The first-order valence-corrected chi connectivity index (χ1v) is 10.5. The Hall–Kier alpha value is -3.85. The van der Waals surface area contributed by atoms with Crippen LogP contribution in [0.25, 0.3) is 28.1 Å². The first-order chi connectivity index (χ1) is 16.1. The van der Waals surface area contributed by atoms with Crippen LogP contribution in [0.15, 0.2) is 53.5 Å². The van der Waals surface area contributed by atoms with Crippen molar-refractivity contribution < 1.29 is 18.9 Å². The third-order valence-corrected chi connectivity index (χ3v) is 5.34. The van der Waals surface area contributed by atoms with E-state index < -0.39 is 0 Å². The lowest BCUT2D eigenvalue weighted by Gasteiger charge is -2.17. The predicted molar refractivity (Wildman–Crippen MR) is 125 cm³/mol. The molecule has 0 unspecified atom stereocenters. The molecule has 33 heavy (non-hydrogen) atoms. The Balaban J connectivity index is 1.99. The third kappa shape index (κ3) is 4.14. The zero-order chi connectivity index (χ0) is 23.4. The number of aromatic nitrogens is 4. The largest absolute Gasteiger partial charge is 0.493 e. The van der Waals surface area contributed by atoms with Crippen LogP contribution in [0.5, 0.6) is 17.2 Å². The molecule has 0 amide bonds. The van der Waals surface area contributed by atoms with E-state index in [1.54, 1.807) is 56.0 Å². The number of fused-ring (bicyclic) bond motifs is 1. The Labute approximate surface area is 191 Å². The molecular formula is C24H26N4O5. The van der Waals surface area contributed by atoms with Crippen molar-refractivity contribution in [3.8, 4) is 34.3 Å². The molecule has 4 rings (SSSR count). The summed E-state index contributed by atoms with van der Waals surface area (Å²) in [6.45, 7) is 0.945. The van der Waals surface area contributed by atoms with Crippen molar-refractivity contribution in [1.82, 2.24) is 19.3 Å². The van der Waals surface area contributed by atoms with Crippen LogP contribution in [-0.2, 0) is 11.3 Å². The van der Waals surface area contributed by atoms with Crippen molar-refractivity contribution in [2.45, 2.75) is 13.0 Å². The number of rotatable bonds is 9. The number of methoxy groups -OCH3 is 4. The van der Waals surface area contributed by atoms with E-state index in [2.05, 4.69) is 5.10 Å². The van der Waals surface area contributed by atoms with Gasteiger partial charge in [-0.1, -0.05) is 18.2 Å². The third-order valence-electron chi connectivity index (χ3n) is 5.34. The number of para-hydroxylation sites is 1. The molecule has 4 aromatic rings. The van der Waals surface area contributed by atoms with E-state index >= 15 is 0 Å². The highest BCUT2D eigenvalue weighted by Crippen LogP contribution is 2.40. The van der Waals surface area contributed by atoms with Crippen LogP contribution < -0.4 is 19.8 Å². The van der Waals surface area contributed by atoms with Crippen LogP contribution in [0.3, 0.4) is 0 Å². The summed E-state index contributed by atoms with van der Waals surface area (Å²) >= 11 is 0. The summed E-state index contributed by atoms with van der Waals surface area (Å²) < 4.78 is 25.0. The van der Waals surface area contributed by atoms with Crippen molar-refractivity contribution in [1.29, 1.82) is 0 Å². The molecule has 0 fully saturated rings. The van der Waals surface area contributed by atoms with Gasteiger partial charge >= 0.3 is 0 Å². The molecule has 0 radical (unpaired) electrons. The van der Waals surface area contributed by atoms with E-state index in [4.69, 9.17) is 23.9 Å². The highest BCUT2D eigenvalue weighted by Gasteiger charge is 2.21. The first-order valence-electron chi connectivity index (χ1n) is 10.5. The molecule has 0 bridgehead atoms. The summed E-state index contributed by atoms with van der Waals surface area (Å²) in [4.78, 5) is 18.4. The molecule has 0 aliphatic rings. The lowest BCUT2D eigenvalue weighted by Crippen LogP contribution is -2.24. The van der Waals surface area contributed by atoms with Crippen molar-refractivity contribution in [2.75, 3.05) is 35.0 Å². The lowest BCUT2D eigenvalue weighted by molar-refractivity contribution is 0.190. The second-order valence-corrected chi connectivity index (χ2v) is 7.28. The zero-order valence-corrected chi connectivity index (χ0v) is 19.1. The standard InChI is InChI=1S/C24H26N4O5/c1-30-12-8-11-27-22(16-13-19(31-2)21(33-4)20(14-16)32-3)26-23-18(24(27)29)15-25-28(23)17-9-6-5-7-10-17/h5-7,9-10,13-15H,8,11-12H2,1-4H3. The minimum atomic E-state index is -0.179. The van der Waals surface area contributed by atoms with Gasteiger partial charge in [-0.3, -0.25) is 9.36 Å². The minimum Gasteiger partial charge on any atom is -0.493 e. The van der Waals surface area contributed by atoms with E-state index in [0.29, 0.717) is 59.2 Å². The van der Waals surface area contributed by atoms with Crippen molar-refractivity contribution in [3.05, 3.63) is 59.0 Å². The summed E-state index contributed by atoms with van der Waals surface area (Å²) in [5, 5.41) is 4.88. The average molecular weight is 450 g/mol. The van der Waals surface area contributed by atoms with Crippen molar-refractivity contribution in [2.24, 2.45) is 0 Å². The summed E-state index contributed by atoms with van der Waals surface area (Å²) in [7, 11) is 6.28. The second kappa shape index (κ2) is 9.74. The average Bonchev–Trinajstić information content (AvgIpc) is 3.29. The summed E-state index contributed by atoms with van der Waals surface area (Å²) in [6.07, 6.45) is 2.21. The summed E-state index contributed by atoms with van der Waals surface area (Å²) in [5.74, 6) is 1.88. The molecule has 0 saturated carbocycles. The molecule has 0 saturated heterocycles. The smallest absolute Gasteiger partial charge is 0.264 e. The van der Waals surface area contributed by atoms with E-state index in [0.717, 1.165) is 5.69 Å². The molecule has 9 nitrogen and oxygen atoms in total. The maximum absolute atomic E-state index is 13.5. The molecule has 2 heterocycles. The number of hydrogen-bond donors (Lipinski definition) is 0. The molecule has 0 atom stereocenters. The maximum atomic E-state index is 13.5. The normalized spacial score (nSPS) is 11.0. The quantitative estimate of drug-likeness (QED) is 0.362. The van der Waals surface area contributed by atoms with Gasteiger partial charge in [-0.25, -0.2) is 9.67 Å². The van der Waals surface area contributed by atoms with Gasteiger partial charge in [0.05, 0.1) is 33.2 Å². The van der Waals surface area contributed by atoms with Gasteiger partial charge < -0.3 is 18.9 Å². The van der Waals surface area contributed by atoms with Crippen LogP contribution in [0.1, 0.15) is 6.42 Å². The molecule has 0 aliphatic heterocycles. The van der Waals surface area contributed by atoms with Crippen LogP contribution in [0.2, 0.25) is 0 Å². The van der Waals surface area contributed by atoms with Gasteiger partial charge in [0.25, 0.3) is 5.56 Å². The Bertz CT molecular complexity index is 1290. The molecular weight excluding hydrogens is 424 g/mol. The van der Waals surface area contributed by atoms with E-state index in [9.17, 15) is 4.79 Å². The summed E-state index contributed by atoms with van der Waals surface area (Å²) in [5.41, 5.74) is 1.76. The molecule has 9 heteroatoms. The maximum Gasteiger partial charge on any atom is 0.264 e. The van der Waals surface area contributed by atoms with Gasteiger partial charge in [0.15, 0.2) is 17.1 Å². The second-order valence-electron chi connectivity index (χ2n) is 7.28. The molecule has 172 valence electrons. The molecule has 0 aliphatic carbocycles. The van der Waals surface area contributed by atoms with Crippen LogP contribution in [-0.4, -0.2) is 54.4 Å². The zero-order valence-electron chi connectivity index (χ0n) is 19.1. The molecule has 0 spiro atoms. The van der Waals surface area contributed by atoms with Gasteiger partial charge in [0.2, 0.25) is 5.75 Å². The topological polar surface area (TPSA) is 89.6 Å². The fourth-order valence-corrected chi connectivity index (χ4v) is 3.77. The van der Waals surface area contributed by atoms with E-state index in [1.165, 1.54) is 0 Å². The Morgan fingerprint density at radius 2 is 1.64 bits per heavy atom. The number of hydrogen-bond acceptors (Lipinski definition) is 7. The molecule has 2 aromatic carbocycles. The Morgan fingerprint density at radius 1 is 0.939 bits per heavy atom. The Kier molecular flexibility index (Phi) is 6.60. The minimum absolute atomic E-state index is 0.179. The monoisotopic (exact) mass is 450 g/mol. The highest BCUT2D eigenvalue weighted by atomic mass is 16.5. The predicted octanol–water partition coefficient (Wildman–Crippen LogP) is 3.31. The SMILES string of the molecule is COCCCn1c(-c2cc(OC)c(OC)c(OC)c2)nc2c(cnn2-c2ccccc2)c1=O. The van der Waals surface area contributed by atoms with Gasteiger partial charge in [0, 0.05) is 25.8 Å². The number of benzene rings is 2. The van der Waals surface area contributed by atoms with E-state index in [1.807, 2.05) is 30.3 Å². The van der Waals surface area contributed by atoms with Crippen molar-refractivity contribution in [3.63, 3.8) is 0 Å². The van der Waals surface area contributed by atoms with Gasteiger partial charge in [-0.2, -0.15) is 5.10 Å². The van der Waals surface area contributed by atoms with Crippen LogP contribution >= 0.6 is 0 Å². The van der Waals surface area contributed by atoms with Crippen molar-refractivity contribution >= 4 is 11.0 Å².